The normalized spacial score (nSPS) is 36.3. The van der Waals surface area contributed by atoms with Gasteiger partial charge in [-0.3, -0.25) is 0 Å². The van der Waals surface area contributed by atoms with Crippen molar-refractivity contribution in [3.05, 3.63) is 0 Å². The van der Waals surface area contributed by atoms with Gasteiger partial charge < -0.3 is 5.11 Å². The van der Waals surface area contributed by atoms with Crippen LogP contribution in [0.2, 0.25) is 0 Å². The first-order valence-corrected chi connectivity index (χ1v) is 4.92. The van der Waals surface area contributed by atoms with Gasteiger partial charge >= 0.3 is 0 Å². The Morgan fingerprint density at radius 3 is 2.64 bits per heavy atom. The van der Waals surface area contributed by atoms with Gasteiger partial charge in [-0.1, -0.05) is 13.8 Å². The lowest BCUT2D eigenvalue weighted by Gasteiger charge is -2.10. The lowest BCUT2D eigenvalue weighted by molar-refractivity contribution is 0.111. The second-order valence-electron chi connectivity index (χ2n) is 3.95. The van der Waals surface area contributed by atoms with Crippen molar-refractivity contribution in [2.24, 2.45) is 11.8 Å². The quantitative estimate of drug-likeness (QED) is 0.653. The van der Waals surface area contributed by atoms with E-state index in [4.69, 9.17) is 11.6 Å². The van der Waals surface area contributed by atoms with Crippen molar-refractivity contribution >= 4 is 11.6 Å². The third-order valence-corrected chi connectivity index (χ3v) is 2.92. The van der Waals surface area contributed by atoms with Crippen LogP contribution in [0.3, 0.4) is 0 Å². The van der Waals surface area contributed by atoms with Crippen LogP contribution < -0.4 is 0 Å². The lowest BCUT2D eigenvalue weighted by Crippen LogP contribution is -2.13. The Labute approximate surface area is 73.8 Å². The minimum Gasteiger partial charge on any atom is -0.390 e. The Morgan fingerprint density at radius 1 is 1.64 bits per heavy atom. The highest BCUT2D eigenvalue weighted by Crippen LogP contribution is 2.51. The van der Waals surface area contributed by atoms with Crippen LogP contribution in [0.4, 0.5) is 0 Å². The fraction of sp³-hybridized carbons (Fsp3) is 1.00. The molecule has 0 aromatic rings. The van der Waals surface area contributed by atoms with Crippen molar-refractivity contribution in [2.45, 2.75) is 38.7 Å². The zero-order valence-electron chi connectivity index (χ0n) is 7.31. The molecule has 1 nitrogen and oxygen atoms in total. The van der Waals surface area contributed by atoms with Crippen LogP contribution in [-0.4, -0.2) is 16.6 Å². The molecule has 0 unspecified atom stereocenters. The number of rotatable bonds is 4. The van der Waals surface area contributed by atoms with Gasteiger partial charge in [0.25, 0.3) is 0 Å². The Morgan fingerprint density at radius 2 is 2.27 bits per heavy atom. The maximum Gasteiger partial charge on any atom is 0.0683 e. The van der Waals surface area contributed by atoms with Crippen LogP contribution >= 0.6 is 11.6 Å². The molecule has 0 aliphatic heterocycles. The molecule has 0 heterocycles. The molecular weight excluding hydrogens is 160 g/mol. The summed E-state index contributed by atoms with van der Waals surface area (Å²) < 4.78 is 0. The van der Waals surface area contributed by atoms with Gasteiger partial charge in [-0.2, -0.15) is 0 Å². The molecule has 0 amide bonds. The average molecular weight is 177 g/mol. The van der Waals surface area contributed by atoms with Crippen molar-refractivity contribution in [1.29, 1.82) is 0 Å². The molecule has 0 spiro atoms. The first-order valence-electron chi connectivity index (χ1n) is 4.38. The van der Waals surface area contributed by atoms with E-state index in [9.17, 15) is 5.11 Å². The average Bonchev–Trinajstić information content (AvgIpc) is 2.60. The van der Waals surface area contributed by atoms with Gasteiger partial charge in [-0.05, 0) is 31.1 Å². The molecule has 1 saturated carbocycles. The molecule has 1 aliphatic rings. The third kappa shape index (κ3) is 2.09. The fourth-order valence-electron chi connectivity index (χ4n) is 1.84. The first kappa shape index (κ1) is 9.34. The monoisotopic (exact) mass is 176 g/mol. The number of hydrogen-bond acceptors (Lipinski definition) is 1. The Hall–Kier alpha value is 0.250. The summed E-state index contributed by atoms with van der Waals surface area (Å²) in [6, 6.07) is 0. The van der Waals surface area contributed by atoms with Gasteiger partial charge in [0.2, 0.25) is 0 Å². The minimum absolute atomic E-state index is 0.344. The van der Waals surface area contributed by atoms with Crippen molar-refractivity contribution < 1.29 is 5.11 Å². The van der Waals surface area contributed by atoms with Crippen LogP contribution in [0.15, 0.2) is 0 Å². The minimum atomic E-state index is -0.344. The topological polar surface area (TPSA) is 20.2 Å². The summed E-state index contributed by atoms with van der Waals surface area (Å²) in [7, 11) is 0. The van der Waals surface area contributed by atoms with E-state index in [2.05, 4.69) is 13.8 Å². The predicted molar refractivity (Wildman–Crippen MR) is 47.8 cm³/mol. The van der Waals surface area contributed by atoms with Gasteiger partial charge in [0.05, 0.1) is 5.60 Å². The molecule has 0 aromatic carbocycles. The van der Waals surface area contributed by atoms with E-state index in [1.165, 1.54) is 0 Å². The molecule has 11 heavy (non-hydrogen) atoms. The molecule has 1 aliphatic carbocycles. The number of aliphatic hydroxyl groups is 1. The number of halogens is 1. The fourth-order valence-corrected chi connectivity index (χ4v) is 1.97. The SMILES string of the molecule is CC(C)[C@@H]1C[C@]1(O)CCCCl. The van der Waals surface area contributed by atoms with Crippen molar-refractivity contribution in [3.63, 3.8) is 0 Å². The van der Waals surface area contributed by atoms with E-state index in [1.807, 2.05) is 0 Å². The van der Waals surface area contributed by atoms with E-state index < -0.39 is 0 Å². The van der Waals surface area contributed by atoms with E-state index in [-0.39, 0.29) is 5.60 Å². The molecule has 0 bridgehead atoms. The molecule has 0 aromatic heterocycles. The maximum atomic E-state index is 9.83. The molecule has 2 atom stereocenters. The highest BCUT2D eigenvalue weighted by atomic mass is 35.5. The molecular formula is C9H17ClO. The van der Waals surface area contributed by atoms with E-state index in [1.54, 1.807) is 0 Å². The van der Waals surface area contributed by atoms with E-state index in [0.29, 0.717) is 17.7 Å². The van der Waals surface area contributed by atoms with Crippen LogP contribution in [-0.2, 0) is 0 Å². The largest absolute Gasteiger partial charge is 0.390 e. The van der Waals surface area contributed by atoms with Crippen molar-refractivity contribution in [3.8, 4) is 0 Å². The Kier molecular flexibility index (Phi) is 2.82. The summed E-state index contributed by atoms with van der Waals surface area (Å²) in [5, 5.41) is 9.83. The molecule has 1 fully saturated rings. The van der Waals surface area contributed by atoms with Gasteiger partial charge in [0, 0.05) is 5.88 Å². The van der Waals surface area contributed by atoms with Gasteiger partial charge in [0.1, 0.15) is 0 Å². The standard InChI is InChI=1S/C9H17ClO/c1-7(2)8-6-9(8,11)4-3-5-10/h7-8,11H,3-6H2,1-2H3/t8-,9+/m0/s1. The van der Waals surface area contributed by atoms with Crippen LogP contribution in [0.5, 0.6) is 0 Å². The molecule has 0 radical (unpaired) electrons. The maximum absolute atomic E-state index is 9.83. The van der Waals surface area contributed by atoms with Crippen LogP contribution in [0.25, 0.3) is 0 Å². The first-order chi connectivity index (χ1) is 5.10. The predicted octanol–water partition coefficient (Wildman–Crippen LogP) is 2.41. The molecule has 66 valence electrons. The summed E-state index contributed by atoms with van der Waals surface area (Å²) >= 11 is 5.55. The zero-order valence-corrected chi connectivity index (χ0v) is 8.06. The van der Waals surface area contributed by atoms with Crippen LogP contribution in [0, 0.1) is 11.8 Å². The molecule has 1 N–H and O–H groups in total. The van der Waals surface area contributed by atoms with E-state index >= 15 is 0 Å². The van der Waals surface area contributed by atoms with Gasteiger partial charge in [-0.25, -0.2) is 0 Å². The lowest BCUT2D eigenvalue weighted by atomic mass is 10.0. The number of alkyl halides is 1. The van der Waals surface area contributed by atoms with Crippen molar-refractivity contribution in [2.75, 3.05) is 5.88 Å². The summed E-state index contributed by atoms with van der Waals surface area (Å²) in [4.78, 5) is 0. The van der Waals surface area contributed by atoms with E-state index in [0.717, 1.165) is 19.3 Å². The van der Waals surface area contributed by atoms with Crippen molar-refractivity contribution in [1.82, 2.24) is 0 Å². The molecule has 1 rings (SSSR count). The van der Waals surface area contributed by atoms with Gasteiger partial charge in [0.15, 0.2) is 0 Å². The summed E-state index contributed by atoms with van der Waals surface area (Å²) in [6.45, 7) is 4.34. The number of hydrogen-bond donors (Lipinski definition) is 1. The Bertz CT molecular complexity index is 136. The smallest absolute Gasteiger partial charge is 0.0683 e. The summed E-state index contributed by atoms with van der Waals surface area (Å²) in [5.74, 6) is 1.83. The van der Waals surface area contributed by atoms with Crippen LogP contribution in [0.1, 0.15) is 33.1 Å². The molecule has 0 saturated heterocycles. The molecule has 2 heteroatoms. The highest BCUT2D eigenvalue weighted by Gasteiger charge is 2.53. The summed E-state index contributed by atoms with van der Waals surface area (Å²) in [6.07, 6.45) is 2.82. The second-order valence-corrected chi connectivity index (χ2v) is 4.33. The highest BCUT2D eigenvalue weighted by molar-refractivity contribution is 6.17. The zero-order chi connectivity index (χ0) is 8.48. The van der Waals surface area contributed by atoms with Gasteiger partial charge in [-0.15, -0.1) is 11.6 Å². The summed E-state index contributed by atoms with van der Waals surface area (Å²) in [5.41, 5.74) is -0.344. The third-order valence-electron chi connectivity index (χ3n) is 2.65. The Balaban J connectivity index is 2.25. The second kappa shape index (κ2) is 3.32.